The molecule has 0 saturated heterocycles. The van der Waals surface area contributed by atoms with Gasteiger partial charge in [0, 0.05) is 9.80 Å². The van der Waals surface area contributed by atoms with Gasteiger partial charge in [0.05, 0.1) is 11.4 Å². The van der Waals surface area contributed by atoms with Crippen LogP contribution in [0.15, 0.2) is 16.6 Å². The summed E-state index contributed by atoms with van der Waals surface area (Å²) in [6.45, 7) is 0. The summed E-state index contributed by atoms with van der Waals surface area (Å²) in [5, 5.41) is 0.732. The number of nitrogen functional groups attached to an aromatic ring is 2. The van der Waals surface area contributed by atoms with Crippen molar-refractivity contribution < 1.29 is 0 Å². The molecular formula is C7H8Br2N2. The molecule has 0 aliphatic rings. The van der Waals surface area contributed by atoms with Crippen molar-refractivity contribution in [1.82, 2.24) is 0 Å². The molecule has 0 bridgehead atoms. The maximum absolute atomic E-state index is 5.71. The van der Waals surface area contributed by atoms with Gasteiger partial charge >= 0.3 is 0 Å². The molecule has 0 heterocycles. The first-order valence-electron chi connectivity index (χ1n) is 3.05. The molecule has 0 aromatic heterocycles. The van der Waals surface area contributed by atoms with E-state index < -0.39 is 0 Å². The second-order valence-corrected chi connectivity index (χ2v) is 3.58. The number of hydrogen-bond acceptors (Lipinski definition) is 2. The van der Waals surface area contributed by atoms with Crippen molar-refractivity contribution in [2.24, 2.45) is 0 Å². The fourth-order valence-electron chi connectivity index (χ4n) is 0.771. The number of anilines is 2. The van der Waals surface area contributed by atoms with E-state index in [9.17, 15) is 0 Å². The monoisotopic (exact) mass is 278 g/mol. The Morgan fingerprint density at radius 2 is 1.82 bits per heavy atom. The molecule has 1 aromatic rings. The van der Waals surface area contributed by atoms with Gasteiger partial charge in [-0.1, -0.05) is 22.0 Å². The van der Waals surface area contributed by atoms with Crippen molar-refractivity contribution in [1.29, 1.82) is 0 Å². The van der Waals surface area contributed by atoms with Gasteiger partial charge in [0.25, 0.3) is 0 Å². The molecule has 0 atom stereocenters. The predicted molar refractivity (Wildman–Crippen MR) is 55.6 cm³/mol. The zero-order chi connectivity index (χ0) is 8.43. The smallest absolute Gasteiger partial charge is 0.0695 e. The average molecular weight is 280 g/mol. The highest BCUT2D eigenvalue weighted by atomic mass is 79.9. The lowest BCUT2D eigenvalue weighted by Gasteiger charge is -2.06. The molecule has 0 radical (unpaired) electrons. The minimum Gasteiger partial charge on any atom is -0.397 e. The molecule has 1 aromatic carbocycles. The Morgan fingerprint density at radius 3 is 2.36 bits per heavy atom. The number of rotatable bonds is 1. The molecule has 0 aliphatic carbocycles. The van der Waals surface area contributed by atoms with Gasteiger partial charge in [0.1, 0.15) is 0 Å². The normalized spacial score (nSPS) is 10.0. The van der Waals surface area contributed by atoms with E-state index >= 15 is 0 Å². The molecule has 1 rings (SSSR count). The van der Waals surface area contributed by atoms with Crippen LogP contribution in [-0.4, -0.2) is 0 Å². The number of nitrogens with two attached hydrogens (primary N) is 2. The topological polar surface area (TPSA) is 52.0 Å². The van der Waals surface area contributed by atoms with Gasteiger partial charge in [0.15, 0.2) is 0 Å². The summed E-state index contributed by atoms with van der Waals surface area (Å²) in [5.74, 6) is 0. The quantitative estimate of drug-likeness (QED) is 0.613. The molecule has 0 amide bonds. The lowest BCUT2D eigenvalue weighted by Crippen LogP contribution is -1.99. The molecule has 60 valence electrons. The summed E-state index contributed by atoms with van der Waals surface area (Å²) < 4.78 is 0.847. The van der Waals surface area contributed by atoms with Crippen LogP contribution in [0.2, 0.25) is 0 Å². The van der Waals surface area contributed by atoms with E-state index in [2.05, 4.69) is 31.9 Å². The van der Waals surface area contributed by atoms with E-state index in [1.807, 2.05) is 12.1 Å². The van der Waals surface area contributed by atoms with Crippen LogP contribution in [0.3, 0.4) is 0 Å². The predicted octanol–water partition coefficient (Wildman–Crippen LogP) is 2.51. The first-order chi connectivity index (χ1) is 5.16. The Hall–Kier alpha value is -0.220. The summed E-state index contributed by atoms with van der Waals surface area (Å²) >= 11 is 6.61. The molecule has 4 heteroatoms. The molecule has 0 saturated carbocycles. The standard InChI is InChI=1S/C7H8Br2N2/c8-3-4-1-2-5(9)7(11)6(4)10/h1-2H,3,10-11H2. The van der Waals surface area contributed by atoms with Gasteiger partial charge in [-0.05, 0) is 27.6 Å². The molecule has 2 nitrogen and oxygen atoms in total. The van der Waals surface area contributed by atoms with E-state index in [0.29, 0.717) is 11.4 Å². The lowest BCUT2D eigenvalue weighted by molar-refractivity contribution is 1.43. The minimum atomic E-state index is 0.613. The summed E-state index contributed by atoms with van der Waals surface area (Å²) in [7, 11) is 0. The maximum atomic E-state index is 5.71. The van der Waals surface area contributed by atoms with Gasteiger partial charge in [-0.25, -0.2) is 0 Å². The Morgan fingerprint density at radius 1 is 1.18 bits per heavy atom. The van der Waals surface area contributed by atoms with Crippen LogP contribution in [0, 0.1) is 0 Å². The Bertz CT molecular complexity index is 273. The van der Waals surface area contributed by atoms with Gasteiger partial charge in [-0.3, -0.25) is 0 Å². The van der Waals surface area contributed by atoms with E-state index in [0.717, 1.165) is 15.4 Å². The highest BCUT2D eigenvalue weighted by Crippen LogP contribution is 2.29. The third-order valence-corrected chi connectivity index (χ3v) is 2.76. The molecule has 11 heavy (non-hydrogen) atoms. The van der Waals surface area contributed by atoms with Crippen molar-refractivity contribution in [3.8, 4) is 0 Å². The number of benzene rings is 1. The van der Waals surface area contributed by atoms with Crippen molar-refractivity contribution in [2.75, 3.05) is 11.5 Å². The maximum Gasteiger partial charge on any atom is 0.0695 e. The SMILES string of the molecule is Nc1c(Br)ccc(CBr)c1N. The number of alkyl halides is 1. The summed E-state index contributed by atoms with van der Waals surface area (Å²) in [6, 6.07) is 3.83. The number of halogens is 2. The lowest BCUT2D eigenvalue weighted by atomic mass is 10.2. The third kappa shape index (κ3) is 1.68. The first kappa shape index (κ1) is 8.87. The van der Waals surface area contributed by atoms with Crippen molar-refractivity contribution in [2.45, 2.75) is 5.33 Å². The van der Waals surface area contributed by atoms with Gasteiger partial charge in [0.2, 0.25) is 0 Å². The van der Waals surface area contributed by atoms with Crippen LogP contribution < -0.4 is 11.5 Å². The van der Waals surface area contributed by atoms with Gasteiger partial charge in [-0.2, -0.15) is 0 Å². The third-order valence-electron chi connectivity index (χ3n) is 1.47. The van der Waals surface area contributed by atoms with Crippen molar-refractivity contribution in [3.63, 3.8) is 0 Å². The Balaban J connectivity index is 3.25. The highest BCUT2D eigenvalue weighted by Gasteiger charge is 2.03. The highest BCUT2D eigenvalue weighted by molar-refractivity contribution is 9.10. The van der Waals surface area contributed by atoms with Crippen LogP contribution >= 0.6 is 31.9 Å². The van der Waals surface area contributed by atoms with Crippen molar-refractivity contribution >= 4 is 43.2 Å². The molecular weight excluding hydrogens is 272 g/mol. The minimum absolute atomic E-state index is 0.613. The van der Waals surface area contributed by atoms with Gasteiger partial charge < -0.3 is 11.5 Å². The zero-order valence-corrected chi connectivity index (χ0v) is 8.94. The largest absolute Gasteiger partial charge is 0.397 e. The van der Waals surface area contributed by atoms with Crippen LogP contribution in [-0.2, 0) is 5.33 Å². The first-order valence-corrected chi connectivity index (χ1v) is 4.96. The summed E-state index contributed by atoms with van der Waals surface area (Å²) in [6.07, 6.45) is 0. The molecule has 0 fully saturated rings. The summed E-state index contributed by atoms with van der Waals surface area (Å²) in [5.41, 5.74) is 13.7. The Labute approximate surface area is 82.2 Å². The molecule has 4 N–H and O–H groups in total. The molecule has 0 spiro atoms. The van der Waals surface area contributed by atoms with E-state index in [4.69, 9.17) is 11.5 Å². The molecule has 0 unspecified atom stereocenters. The van der Waals surface area contributed by atoms with E-state index in [-0.39, 0.29) is 0 Å². The van der Waals surface area contributed by atoms with Gasteiger partial charge in [-0.15, -0.1) is 0 Å². The summed E-state index contributed by atoms with van der Waals surface area (Å²) in [4.78, 5) is 0. The molecule has 0 aliphatic heterocycles. The van der Waals surface area contributed by atoms with E-state index in [1.165, 1.54) is 0 Å². The fourth-order valence-corrected chi connectivity index (χ4v) is 1.61. The zero-order valence-electron chi connectivity index (χ0n) is 5.77. The number of hydrogen-bond donors (Lipinski definition) is 2. The second kappa shape index (κ2) is 3.45. The second-order valence-electron chi connectivity index (χ2n) is 2.17. The van der Waals surface area contributed by atoms with Crippen LogP contribution in [0.5, 0.6) is 0 Å². The van der Waals surface area contributed by atoms with Crippen molar-refractivity contribution in [3.05, 3.63) is 22.2 Å². The Kier molecular flexibility index (Phi) is 2.78. The van der Waals surface area contributed by atoms with Crippen LogP contribution in [0.25, 0.3) is 0 Å². The fraction of sp³-hybridized carbons (Fsp3) is 0.143. The van der Waals surface area contributed by atoms with E-state index in [1.54, 1.807) is 0 Å². The van der Waals surface area contributed by atoms with Crippen LogP contribution in [0.4, 0.5) is 11.4 Å². The van der Waals surface area contributed by atoms with Crippen LogP contribution in [0.1, 0.15) is 5.56 Å². The average Bonchev–Trinajstić information content (AvgIpc) is 2.01.